The molecule has 0 radical (unpaired) electrons. The number of rotatable bonds is 7. The second kappa shape index (κ2) is 7.53. The Morgan fingerprint density at radius 3 is 2.50 bits per heavy atom. The minimum absolute atomic E-state index is 0.273. The maximum atomic E-state index is 8.79. The lowest BCUT2D eigenvalue weighted by Gasteiger charge is -2.21. The van der Waals surface area contributed by atoms with Gasteiger partial charge >= 0.3 is 0 Å². The summed E-state index contributed by atoms with van der Waals surface area (Å²) in [5.41, 5.74) is 0. The number of nitrogens with one attached hydrogen (secondary N) is 1. The number of aliphatic hydroxyl groups is 1. The summed E-state index contributed by atoms with van der Waals surface area (Å²) in [6.07, 6.45) is 1.99. The first kappa shape index (κ1) is 11.9. The largest absolute Gasteiger partial charge is 0.396 e. The Morgan fingerprint density at radius 2 is 2.08 bits per heavy atom. The van der Waals surface area contributed by atoms with Gasteiger partial charge in [0.15, 0.2) is 0 Å². The van der Waals surface area contributed by atoms with Crippen molar-refractivity contribution >= 4 is 0 Å². The number of aliphatic hydroxyl groups excluding tert-OH is 1. The summed E-state index contributed by atoms with van der Waals surface area (Å²) in [6, 6.07) is 0.435. The molecule has 2 N–H and O–H groups in total. The van der Waals surface area contributed by atoms with Gasteiger partial charge in [-0.25, -0.2) is 0 Å². The lowest BCUT2D eigenvalue weighted by molar-refractivity contribution is 0.242. The zero-order chi connectivity index (χ0) is 9.40. The van der Waals surface area contributed by atoms with Crippen LogP contribution in [0.2, 0.25) is 0 Å². The minimum atomic E-state index is 0.273. The molecule has 0 aromatic carbocycles. The molecule has 0 amide bonds. The van der Waals surface area contributed by atoms with E-state index in [1.165, 1.54) is 0 Å². The van der Waals surface area contributed by atoms with Crippen LogP contribution in [-0.4, -0.2) is 49.8 Å². The second-order valence-electron chi connectivity index (χ2n) is 3.43. The molecule has 1 atom stereocenters. The summed E-state index contributed by atoms with van der Waals surface area (Å²) < 4.78 is 0. The fourth-order valence-electron chi connectivity index (χ4n) is 1.20. The van der Waals surface area contributed by atoms with Crippen molar-refractivity contribution in [2.24, 2.45) is 0 Å². The predicted octanol–water partition coefficient (Wildman–Crippen LogP) is 0.299. The molecule has 0 aliphatic heterocycles. The van der Waals surface area contributed by atoms with Gasteiger partial charge in [0.2, 0.25) is 0 Å². The van der Waals surface area contributed by atoms with Gasteiger partial charge in [0.05, 0.1) is 0 Å². The van der Waals surface area contributed by atoms with Gasteiger partial charge < -0.3 is 15.3 Å². The zero-order valence-corrected chi connectivity index (χ0v) is 8.51. The molecule has 0 aliphatic carbocycles. The summed E-state index contributed by atoms with van der Waals surface area (Å²) >= 11 is 0. The van der Waals surface area contributed by atoms with E-state index in [0.717, 1.165) is 25.9 Å². The smallest absolute Gasteiger partial charge is 0.0446 e. The lowest BCUT2D eigenvalue weighted by atomic mass is 10.2. The van der Waals surface area contributed by atoms with Crippen LogP contribution < -0.4 is 5.32 Å². The zero-order valence-electron chi connectivity index (χ0n) is 8.51. The van der Waals surface area contributed by atoms with Crippen molar-refractivity contribution in [2.75, 3.05) is 33.8 Å². The third kappa shape index (κ3) is 6.58. The Morgan fingerprint density at radius 1 is 1.42 bits per heavy atom. The summed E-state index contributed by atoms with van der Waals surface area (Å²) in [5, 5.41) is 12.2. The number of nitrogens with zero attached hydrogens (tertiary/aromatic N) is 1. The normalized spacial score (nSPS) is 13.8. The van der Waals surface area contributed by atoms with E-state index in [0.29, 0.717) is 6.04 Å². The first-order valence-electron chi connectivity index (χ1n) is 4.69. The highest BCUT2D eigenvalue weighted by molar-refractivity contribution is 4.68. The van der Waals surface area contributed by atoms with Crippen LogP contribution in [0.5, 0.6) is 0 Å². The Bertz CT molecular complexity index is 96.5. The van der Waals surface area contributed by atoms with Crippen molar-refractivity contribution in [1.82, 2.24) is 10.2 Å². The molecule has 0 aromatic rings. The van der Waals surface area contributed by atoms with Crippen LogP contribution in [0, 0.1) is 0 Å². The molecule has 0 rings (SSSR count). The SMILES string of the molecule is CCCNC(CCO)CN(C)C. The molecule has 0 fully saturated rings. The molecular weight excluding hydrogens is 152 g/mol. The van der Waals surface area contributed by atoms with E-state index in [-0.39, 0.29) is 6.61 Å². The van der Waals surface area contributed by atoms with Gasteiger partial charge in [0, 0.05) is 19.2 Å². The van der Waals surface area contributed by atoms with Gasteiger partial charge in [-0.05, 0) is 33.5 Å². The van der Waals surface area contributed by atoms with Crippen molar-refractivity contribution in [3.63, 3.8) is 0 Å². The standard InChI is InChI=1S/C9H22N2O/c1-4-6-10-9(5-7-12)8-11(2)3/h9-10,12H,4-8H2,1-3H3. The van der Waals surface area contributed by atoms with E-state index in [1.807, 2.05) is 0 Å². The maximum absolute atomic E-state index is 8.79. The summed E-state index contributed by atoms with van der Waals surface area (Å²) in [7, 11) is 4.11. The van der Waals surface area contributed by atoms with Gasteiger partial charge in [-0.2, -0.15) is 0 Å². The molecule has 0 heterocycles. The first-order chi connectivity index (χ1) is 5.70. The minimum Gasteiger partial charge on any atom is -0.396 e. The van der Waals surface area contributed by atoms with Gasteiger partial charge in [0.25, 0.3) is 0 Å². The highest BCUT2D eigenvalue weighted by atomic mass is 16.3. The fourth-order valence-corrected chi connectivity index (χ4v) is 1.20. The van der Waals surface area contributed by atoms with Crippen molar-refractivity contribution < 1.29 is 5.11 Å². The van der Waals surface area contributed by atoms with Crippen molar-refractivity contribution in [2.45, 2.75) is 25.8 Å². The molecular formula is C9H22N2O. The molecule has 0 saturated heterocycles. The molecule has 1 unspecified atom stereocenters. The summed E-state index contributed by atoms with van der Waals surface area (Å²) in [5.74, 6) is 0. The molecule has 12 heavy (non-hydrogen) atoms. The van der Waals surface area contributed by atoms with E-state index >= 15 is 0 Å². The fraction of sp³-hybridized carbons (Fsp3) is 1.00. The monoisotopic (exact) mass is 174 g/mol. The predicted molar refractivity (Wildman–Crippen MR) is 52.3 cm³/mol. The molecule has 3 heteroatoms. The molecule has 74 valence electrons. The van der Waals surface area contributed by atoms with E-state index < -0.39 is 0 Å². The number of hydrogen-bond acceptors (Lipinski definition) is 3. The average molecular weight is 174 g/mol. The van der Waals surface area contributed by atoms with E-state index in [1.54, 1.807) is 0 Å². The third-order valence-electron chi connectivity index (χ3n) is 1.75. The van der Waals surface area contributed by atoms with E-state index in [2.05, 4.69) is 31.2 Å². The van der Waals surface area contributed by atoms with Gasteiger partial charge in [-0.15, -0.1) is 0 Å². The number of likely N-dealkylation sites (N-methyl/N-ethyl adjacent to an activating group) is 1. The highest BCUT2D eigenvalue weighted by Crippen LogP contribution is 1.93. The maximum Gasteiger partial charge on any atom is 0.0446 e. The molecule has 3 nitrogen and oxygen atoms in total. The van der Waals surface area contributed by atoms with E-state index in [9.17, 15) is 0 Å². The van der Waals surface area contributed by atoms with Crippen molar-refractivity contribution in [3.8, 4) is 0 Å². The Hall–Kier alpha value is -0.120. The van der Waals surface area contributed by atoms with Crippen LogP contribution in [-0.2, 0) is 0 Å². The van der Waals surface area contributed by atoms with Crippen LogP contribution in [0.1, 0.15) is 19.8 Å². The Balaban J connectivity index is 3.54. The Kier molecular flexibility index (Phi) is 7.45. The van der Waals surface area contributed by atoms with Gasteiger partial charge in [-0.3, -0.25) is 0 Å². The van der Waals surface area contributed by atoms with Crippen LogP contribution in [0.3, 0.4) is 0 Å². The molecule has 0 aromatic heterocycles. The summed E-state index contributed by atoms with van der Waals surface area (Å²) in [4.78, 5) is 2.14. The molecule has 0 aliphatic rings. The molecule has 0 bridgehead atoms. The molecule has 0 spiro atoms. The average Bonchev–Trinajstić information content (AvgIpc) is 2.00. The first-order valence-corrected chi connectivity index (χ1v) is 4.69. The lowest BCUT2D eigenvalue weighted by Crippen LogP contribution is -2.39. The Labute approximate surface area is 75.8 Å². The van der Waals surface area contributed by atoms with Crippen LogP contribution in [0.25, 0.3) is 0 Å². The van der Waals surface area contributed by atoms with Crippen molar-refractivity contribution in [1.29, 1.82) is 0 Å². The van der Waals surface area contributed by atoms with E-state index in [4.69, 9.17) is 5.11 Å². The molecule has 0 saturated carbocycles. The summed E-state index contributed by atoms with van der Waals surface area (Å²) in [6.45, 7) is 4.47. The van der Waals surface area contributed by atoms with Crippen LogP contribution >= 0.6 is 0 Å². The van der Waals surface area contributed by atoms with Gasteiger partial charge in [0.1, 0.15) is 0 Å². The second-order valence-corrected chi connectivity index (χ2v) is 3.43. The van der Waals surface area contributed by atoms with Crippen molar-refractivity contribution in [3.05, 3.63) is 0 Å². The topological polar surface area (TPSA) is 35.5 Å². The highest BCUT2D eigenvalue weighted by Gasteiger charge is 2.06. The van der Waals surface area contributed by atoms with Gasteiger partial charge in [-0.1, -0.05) is 6.92 Å². The van der Waals surface area contributed by atoms with Crippen LogP contribution in [0.4, 0.5) is 0 Å². The van der Waals surface area contributed by atoms with Crippen LogP contribution in [0.15, 0.2) is 0 Å². The quantitative estimate of drug-likeness (QED) is 0.582. The third-order valence-corrected chi connectivity index (χ3v) is 1.75. The number of hydrogen-bond donors (Lipinski definition) is 2.